The highest BCUT2D eigenvalue weighted by Crippen LogP contribution is 2.35. The molecule has 1 aliphatic carbocycles. The van der Waals surface area contributed by atoms with Crippen LogP contribution in [0.2, 0.25) is 0 Å². The van der Waals surface area contributed by atoms with Crippen molar-refractivity contribution in [2.75, 3.05) is 18.1 Å². The van der Waals surface area contributed by atoms with Crippen LogP contribution < -0.4 is 19.7 Å². The molecule has 7 nitrogen and oxygen atoms in total. The van der Waals surface area contributed by atoms with Crippen molar-refractivity contribution in [1.29, 1.82) is 0 Å². The number of aryl methyl sites for hydroxylation is 2. The number of hydrogen-bond acceptors (Lipinski definition) is 5. The van der Waals surface area contributed by atoms with Crippen LogP contribution in [-0.2, 0) is 9.59 Å². The molecule has 4 rings (SSSR count). The van der Waals surface area contributed by atoms with Gasteiger partial charge in [0.15, 0.2) is 19.0 Å². The number of nitrogens with zero attached hydrogens (tertiary/aromatic N) is 1. The number of carbonyl (C=O) groups is 3. The molecule has 0 spiro atoms. The van der Waals surface area contributed by atoms with E-state index in [0.717, 1.165) is 24.0 Å². The van der Waals surface area contributed by atoms with Gasteiger partial charge in [-0.25, -0.2) is 0 Å². The number of carbonyl (C=O) groups excluding carboxylic acids is 3. The lowest BCUT2D eigenvalue weighted by molar-refractivity contribution is -0.127. The van der Waals surface area contributed by atoms with Gasteiger partial charge in [0, 0.05) is 11.6 Å². The van der Waals surface area contributed by atoms with Crippen molar-refractivity contribution in [2.24, 2.45) is 0 Å². The number of ether oxygens (including phenoxy) is 2. The first-order valence-corrected chi connectivity index (χ1v) is 10.5. The fraction of sp³-hybridized carbons (Fsp3) is 0.375. The predicted molar refractivity (Wildman–Crippen MR) is 116 cm³/mol. The molecule has 0 bridgehead atoms. The number of amides is 2. The number of Topliss-reactive ketones (excluding diaryl/α,β-unsaturated/α-hetero) is 1. The number of benzene rings is 2. The van der Waals surface area contributed by atoms with Gasteiger partial charge >= 0.3 is 0 Å². The van der Waals surface area contributed by atoms with E-state index in [9.17, 15) is 14.4 Å². The normalized spacial score (nSPS) is 16.2. The molecule has 1 N–H and O–H groups in total. The Bertz CT molecular complexity index is 1020. The minimum Gasteiger partial charge on any atom is -0.485 e. The molecule has 1 atom stereocenters. The first-order valence-electron chi connectivity index (χ1n) is 10.5. The van der Waals surface area contributed by atoms with Crippen molar-refractivity contribution in [3.05, 3.63) is 53.1 Å². The second-order valence-corrected chi connectivity index (χ2v) is 8.13. The Morgan fingerprint density at radius 3 is 2.58 bits per heavy atom. The maximum Gasteiger partial charge on any atom is 0.265 e. The molecule has 1 heterocycles. The fourth-order valence-corrected chi connectivity index (χ4v) is 3.68. The maximum absolute atomic E-state index is 12.8. The first-order chi connectivity index (χ1) is 14.8. The molecule has 1 aliphatic heterocycles. The Hall–Kier alpha value is -3.35. The van der Waals surface area contributed by atoms with Crippen LogP contribution in [0.15, 0.2) is 36.4 Å². The van der Waals surface area contributed by atoms with Crippen LogP contribution in [0.4, 0.5) is 5.69 Å². The first kappa shape index (κ1) is 20.9. The molecule has 0 aromatic heterocycles. The Labute approximate surface area is 181 Å². The van der Waals surface area contributed by atoms with Crippen LogP contribution in [-0.4, -0.2) is 42.9 Å². The summed E-state index contributed by atoms with van der Waals surface area (Å²) in [6.07, 6.45) is 1.93. The zero-order chi connectivity index (χ0) is 22.1. The quantitative estimate of drug-likeness (QED) is 0.694. The van der Waals surface area contributed by atoms with Gasteiger partial charge in [-0.05, 0) is 62.9 Å². The van der Waals surface area contributed by atoms with Crippen molar-refractivity contribution in [3.63, 3.8) is 0 Å². The molecule has 0 saturated heterocycles. The SMILES string of the molecule is Cc1cccc(C)c1OCC(=O)c1ccc2c(c1)N(C(C)C(=O)NC1CC1)C(=O)CO2. The molecular weight excluding hydrogens is 396 g/mol. The van der Waals surface area contributed by atoms with Crippen molar-refractivity contribution in [1.82, 2.24) is 5.32 Å². The monoisotopic (exact) mass is 422 g/mol. The van der Waals surface area contributed by atoms with Crippen molar-refractivity contribution in [2.45, 2.75) is 45.7 Å². The summed E-state index contributed by atoms with van der Waals surface area (Å²) in [5, 5.41) is 2.93. The molecule has 162 valence electrons. The largest absolute Gasteiger partial charge is 0.485 e. The lowest BCUT2D eigenvalue weighted by Crippen LogP contribution is -2.51. The number of rotatable bonds is 7. The van der Waals surface area contributed by atoms with E-state index in [0.29, 0.717) is 22.7 Å². The lowest BCUT2D eigenvalue weighted by Gasteiger charge is -2.33. The number of hydrogen-bond donors (Lipinski definition) is 1. The number of anilines is 1. The van der Waals surface area contributed by atoms with Crippen LogP contribution >= 0.6 is 0 Å². The zero-order valence-electron chi connectivity index (χ0n) is 17.9. The Kier molecular flexibility index (Phi) is 5.67. The molecule has 2 aromatic rings. The minimum absolute atomic E-state index is 0.128. The van der Waals surface area contributed by atoms with Crippen molar-refractivity contribution in [3.8, 4) is 11.5 Å². The van der Waals surface area contributed by atoms with E-state index in [1.165, 1.54) is 4.90 Å². The van der Waals surface area contributed by atoms with Gasteiger partial charge in [-0.3, -0.25) is 19.3 Å². The molecule has 1 fully saturated rings. The van der Waals surface area contributed by atoms with Gasteiger partial charge in [0.25, 0.3) is 5.91 Å². The number of fused-ring (bicyclic) bond motifs is 1. The molecule has 2 aromatic carbocycles. The minimum atomic E-state index is -0.702. The molecule has 7 heteroatoms. The average Bonchev–Trinajstić information content (AvgIpc) is 3.56. The van der Waals surface area contributed by atoms with Gasteiger partial charge in [0.2, 0.25) is 5.91 Å². The van der Waals surface area contributed by atoms with E-state index in [4.69, 9.17) is 9.47 Å². The van der Waals surface area contributed by atoms with Crippen LogP contribution in [0.1, 0.15) is 41.3 Å². The summed E-state index contributed by atoms with van der Waals surface area (Å²) in [4.78, 5) is 39.4. The Morgan fingerprint density at radius 2 is 1.90 bits per heavy atom. The third-order valence-electron chi connectivity index (χ3n) is 5.61. The average molecular weight is 422 g/mol. The van der Waals surface area contributed by atoms with E-state index in [1.807, 2.05) is 32.0 Å². The van der Waals surface area contributed by atoms with E-state index < -0.39 is 6.04 Å². The molecule has 2 aliphatic rings. The summed E-state index contributed by atoms with van der Waals surface area (Å²) in [5.74, 6) is 0.414. The highest BCUT2D eigenvalue weighted by Gasteiger charge is 2.35. The topological polar surface area (TPSA) is 84.9 Å². The van der Waals surface area contributed by atoms with Gasteiger partial charge in [-0.15, -0.1) is 0 Å². The second kappa shape index (κ2) is 8.41. The zero-order valence-corrected chi connectivity index (χ0v) is 17.9. The number of para-hydroxylation sites is 1. The second-order valence-electron chi connectivity index (χ2n) is 8.13. The summed E-state index contributed by atoms with van der Waals surface area (Å²) < 4.78 is 11.3. The fourth-order valence-electron chi connectivity index (χ4n) is 3.68. The standard InChI is InChI=1S/C24H26N2O5/c1-14-5-4-6-15(2)23(14)31-12-20(27)17-7-10-21-19(11-17)26(22(28)13-30-21)16(3)24(29)25-18-8-9-18/h4-7,10-11,16,18H,8-9,12-13H2,1-3H3,(H,25,29). The molecule has 1 saturated carbocycles. The molecular formula is C24H26N2O5. The third kappa shape index (κ3) is 4.40. The van der Waals surface area contributed by atoms with E-state index >= 15 is 0 Å². The number of ketones is 1. The smallest absolute Gasteiger partial charge is 0.265 e. The Morgan fingerprint density at radius 1 is 1.19 bits per heavy atom. The van der Waals surface area contributed by atoms with Crippen LogP contribution in [0, 0.1) is 13.8 Å². The summed E-state index contributed by atoms with van der Waals surface area (Å²) in [7, 11) is 0. The van der Waals surface area contributed by atoms with Crippen LogP contribution in [0.5, 0.6) is 11.5 Å². The Balaban J connectivity index is 1.54. The highest BCUT2D eigenvalue weighted by atomic mass is 16.5. The van der Waals surface area contributed by atoms with Gasteiger partial charge in [-0.1, -0.05) is 18.2 Å². The van der Waals surface area contributed by atoms with Crippen LogP contribution in [0.25, 0.3) is 0 Å². The van der Waals surface area contributed by atoms with Crippen LogP contribution in [0.3, 0.4) is 0 Å². The van der Waals surface area contributed by atoms with Crippen molar-refractivity contribution >= 4 is 23.3 Å². The molecule has 31 heavy (non-hydrogen) atoms. The molecule has 0 radical (unpaired) electrons. The van der Waals surface area contributed by atoms with E-state index in [-0.39, 0.29) is 36.9 Å². The lowest BCUT2D eigenvalue weighted by atomic mass is 10.1. The summed E-state index contributed by atoms with van der Waals surface area (Å²) in [5.41, 5.74) is 2.73. The van der Waals surface area contributed by atoms with Gasteiger partial charge < -0.3 is 14.8 Å². The third-order valence-corrected chi connectivity index (χ3v) is 5.61. The molecule has 1 unspecified atom stereocenters. The molecule has 2 amide bonds. The van der Waals surface area contributed by atoms with Gasteiger partial charge in [0.05, 0.1) is 5.69 Å². The van der Waals surface area contributed by atoms with Gasteiger partial charge in [-0.2, -0.15) is 0 Å². The summed E-state index contributed by atoms with van der Waals surface area (Å²) in [6, 6.07) is 10.2. The summed E-state index contributed by atoms with van der Waals surface area (Å²) >= 11 is 0. The van der Waals surface area contributed by atoms with E-state index in [1.54, 1.807) is 25.1 Å². The number of nitrogens with one attached hydrogen (secondary N) is 1. The van der Waals surface area contributed by atoms with Gasteiger partial charge in [0.1, 0.15) is 17.5 Å². The highest BCUT2D eigenvalue weighted by molar-refractivity contribution is 6.06. The predicted octanol–water partition coefficient (Wildman–Crippen LogP) is 2.96. The van der Waals surface area contributed by atoms with Crippen molar-refractivity contribution < 1.29 is 23.9 Å². The van der Waals surface area contributed by atoms with E-state index in [2.05, 4.69) is 5.32 Å². The summed E-state index contributed by atoms with van der Waals surface area (Å²) in [6.45, 7) is 5.28. The maximum atomic E-state index is 12.8.